The Balaban J connectivity index is 1.59. The van der Waals surface area contributed by atoms with E-state index in [-0.39, 0.29) is 12.0 Å². The lowest BCUT2D eigenvalue weighted by molar-refractivity contribution is 0.0933. The number of benzene rings is 2. The van der Waals surface area contributed by atoms with E-state index in [0.29, 0.717) is 12.1 Å². The van der Waals surface area contributed by atoms with E-state index in [1.54, 1.807) is 7.11 Å². The maximum atomic E-state index is 12.2. The monoisotopic (exact) mass is 375 g/mol. The number of methoxy groups -OCH3 is 1. The van der Waals surface area contributed by atoms with Crippen molar-refractivity contribution in [2.45, 2.75) is 19.4 Å². The second-order valence-corrected chi connectivity index (χ2v) is 6.45. The number of rotatable bonds is 4. The number of amides is 1. The lowest BCUT2D eigenvalue weighted by Gasteiger charge is -2.12. The molecule has 0 aliphatic carbocycles. The van der Waals surface area contributed by atoms with Gasteiger partial charge in [-0.05, 0) is 48.9 Å². The molecule has 1 atom stereocenters. The van der Waals surface area contributed by atoms with Gasteiger partial charge in [0.15, 0.2) is 0 Å². The zero-order valence-corrected chi connectivity index (χ0v) is 14.6. The summed E-state index contributed by atoms with van der Waals surface area (Å²) in [7, 11) is 1.65. The molecule has 1 heterocycles. The average Bonchev–Trinajstić information content (AvgIpc) is 2.96. The van der Waals surface area contributed by atoms with Crippen molar-refractivity contribution in [3.8, 4) is 11.5 Å². The second-order valence-electron chi connectivity index (χ2n) is 5.59. The number of carbonyl (C=O) groups excluding carboxylic acids is 1. The van der Waals surface area contributed by atoms with E-state index >= 15 is 0 Å². The van der Waals surface area contributed by atoms with Crippen LogP contribution in [-0.4, -0.2) is 25.7 Å². The third-order valence-electron chi connectivity index (χ3n) is 3.92. The van der Waals surface area contributed by atoms with Crippen molar-refractivity contribution in [3.63, 3.8) is 0 Å². The van der Waals surface area contributed by atoms with Crippen molar-refractivity contribution < 1.29 is 14.3 Å². The summed E-state index contributed by atoms with van der Waals surface area (Å²) in [5.74, 6) is 1.60. The van der Waals surface area contributed by atoms with Crippen molar-refractivity contribution in [1.82, 2.24) is 5.32 Å². The van der Waals surface area contributed by atoms with Crippen molar-refractivity contribution in [2.75, 3.05) is 13.7 Å². The first-order valence-electron chi connectivity index (χ1n) is 7.44. The Morgan fingerprint density at radius 3 is 2.91 bits per heavy atom. The van der Waals surface area contributed by atoms with E-state index in [1.807, 2.05) is 43.3 Å². The van der Waals surface area contributed by atoms with E-state index in [4.69, 9.17) is 9.47 Å². The second kappa shape index (κ2) is 6.62. The summed E-state index contributed by atoms with van der Waals surface area (Å²) in [5, 5.41) is 2.94. The van der Waals surface area contributed by atoms with Gasteiger partial charge < -0.3 is 14.8 Å². The molecule has 3 rings (SSSR count). The van der Waals surface area contributed by atoms with Gasteiger partial charge in [0.25, 0.3) is 5.91 Å². The summed E-state index contributed by atoms with van der Waals surface area (Å²) in [5.41, 5.74) is 2.81. The number of fused-ring (bicyclic) bond motifs is 1. The van der Waals surface area contributed by atoms with Crippen LogP contribution >= 0.6 is 15.9 Å². The molecule has 0 fully saturated rings. The van der Waals surface area contributed by atoms with E-state index in [2.05, 4.69) is 21.2 Å². The molecule has 23 heavy (non-hydrogen) atoms. The van der Waals surface area contributed by atoms with Crippen molar-refractivity contribution in [3.05, 3.63) is 57.6 Å². The molecule has 2 aromatic rings. The van der Waals surface area contributed by atoms with Gasteiger partial charge in [0.05, 0.1) is 13.7 Å². The Morgan fingerprint density at radius 2 is 2.17 bits per heavy atom. The number of halogens is 1. The molecule has 2 aromatic carbocycles. The normalized spacial score (nSPS) is 15.7. The molecule has 5 heteroatoms. The van der Waals surface area contributed by atoms with Crippen LogP contribution in [0, 0.1) is 6.92 Å². The van der Waals surface area contributed by atoms with Gasteiger partial charge in [-0.3, -0.25) is 4.79 Å². The Hall–Kier alpha value is -2.01. The zero-order chi connectivity index (χ0) is 16.4. The minimum atomic E-state index is -0.0854. The largest absolute Gasteiger partial charge is 0.497 e. The number of hydrogen-bond acceptors (Lipinski definition) is 3. The summed E-state index contributed by atoms with van der Waals surface area (Å²) in [4.78, 5) is 12.2. The first kappa shape index (κ1) is 15.9. The highest BCUT2D eigenvalue weighted by Gasteiger charge is 2.23. The predicted molar refractivity (Wildman–Crippen MR) is 92.3 cm³/mol. The topological polar surface area (TPSA) is 47.6 Å². The van der Waals surface area contributed by atoms with Crippen LogP contribution < -0.4 is 14.8 Å². The van der Waals surface area contributed by atoms with Crippen LogP contribution in [0.2, 0.25) is 0 Å². The first-order valence-corrected chi connectivity index (χ1v) is 8.24. The fourth-order valence-electron chi connectivity index (χ4n) is 2.63. The fraction of sp³-hybridized carbons (Fsp3) is 0.278. The molecule has 1 N–H and O–H groups in total. The highest BCUT2D eigenvalue weighted by Crippen LogP contribution is 2.31. The molecule has 0 unspecified atom stereocenters. The zero-order valence-electron chi connectivity index (χ0n) is 13.1. The van der Waals surface area contributed by atoms with Crippen molar-refractivity contribution in [2.24, 2.45) is 0 Å². The van der Waals surface area contributed by atoms with E-state index < -0.39 is 0 Å². The highest BCUT2D eigenvalue weighted by atomic mass is 79.9. The summed E-state index contributed by atoms with van der Waals surface area (Å²) in [6.45, 7) is 2.44. The predicted octanol–water partition coefficient (Wildman–Crippen LogP) is 3.50. The van der Waals surface area contributed by atoms with Crippen LogP contribution in [-0.2, 0) is 6.42 Å². The van der Waals surface area contributed by atoms with Gasteiger partial charge in [-0.1, -0.05) is 15.9 Å². The maximum absolute atomic E-state index is 12.2. The standard InChI is InChI=1S/C18H18BrNO3/c1-11-7-12(3-5-16(11)19)18(21)20-10-15-9-13-8-14(22-2)4-6-17(13)23-15/h3-8,15H,9-10H2,1-2H3,(H,20,21)/t15-/m1/s1. The molecule has 0 spiro atoms. The quantitative estimate of drug-likeness (QED) is 0.889. The lowest BCUT2D eigenvalue weighted by atomic mass is 10.1. The van der Waals surface area contributed by atoms with Gasteiger partial charge in [-0.15, -0.1) is 0 Å². The maximum Gasteiger partial charge on any atom is 0.251 e. The summed E-state index contributed by atoms with van der Waals surface area (Å²) in [6, 6.07) is 11.3. The third kappa shape index (κ3) is 3.50. The number of hydrogen-bond donors (Lipinski definition) is 1. The molecule has 0 saturated heterocycles. The van der Waals surface area contributed by atoms with Crippen LogP contribution in [0.15, 0.2) is 40.9 Å². The molecule has 1 amide bonds. The molecule has 1 aliphatic heterocycles. The van der Waals surface area contributed by atoms with Gasteiger partial charge >= 0.3 is 0 Å². The van der Waals surface area contributed by atoms with E-state index in [9.17, 15) is 4.79 Å². The molecule has 0 radical (unpaired) electrons. The molecule has 4 nitrogen and oxygen atoms in total. The van der Waals surface area contributed by atoms with Crippen LogP contribution in [0.4, 0.5) is 0 Å². The molecular weight excluding hydrogens is 358 g/mol. The van der Waals surface area contributed by atoms with Gasteiger partial charge in [0.2, 0.25) is 0 Å². The molecule has 0 saturated carbocycles. The molecular formula is C18H18BrNO3. The minimum absolute atomic E-state index is 0.0439. The fourth-order valence-corrected chi connectivity index (χ4v) is 2.88. The number of nitrogens with one attached hydrogen (secondary N) is 1. The van der Waals surface area contributed by atoms with Crippen LogP contribution in [0.25, 0.3) is 0 Å². The Morgan fingerprint density at radius 1 is 1.35 bits per heavy atom. The first-order chi connectivity index (χ1) is 11.1. The Labute approximate surface area is 143 Å². The van der Waals surface area contributed by atoms with Crippen LogP contribution in [0.5, 0.6) is 11.5 Å². The summed E-state index contributed by atoms with van der Waals surface area (Å²) < 4.78 is 12.1. The van der Waals surface area contributed by atoms with Gasteiger partial charge in [0.1, 0.15) is 17.6 Å². The van der Waals surface area contributed by atoms with Gasteiger partial charge in [0, 0.05) is 22.0 Å². The highest BCUT2D eigenvalue weighted by molar-refractivity contribution is 9.10. The van der Waals surface area contributed by atoms with E-state index in [0.717, 1.165) is 33.5 Å². The summed E-state index contributed by atoms with van der Waals surface area (Å²) >= 11 is 3.44. The van der Waals surface area contributed by atoms with Gasteiger partial charge in [-0.2, -0.15) is 0 Å². The minimum Gasteiger partial charge on any atom is -0.497 e. The molecule has 0 bridgehead atoms. The van der Waals surface area contributed by atoms with Crippen LogP contribution in [0.3, 0.4) is 0 Å². The van der Waals surface area contributed by atoms with Gasteiger partial charge in [-0.25, -0.2) is 0 Å². The van der Waals surface area contributed by atoms with Crippen molar-refractivity contribution >= 4 is 21.8 Å². The van der Waals surface area contributed by atoms with E-state index in [1.165, 1.54) is 0 Å². The smallest absolute Gasteiger partial charge is 0.251 e. The number of carbonyl (C=O) groups is 1. The average molecular weight is 376 g/mol. The third-order valence-corrected chi connectivity index (χ3v) is 4.81. The molecule has 0 aromatic heterocycles. The number of aryl methyl sites for hydroxylation is 1. The molecule has 120 valence electrons. The van der Waals surface area contributed by atoms with Crippen molar-refractivity contribution in [1.29, 1.82) is 0 Å². The Bertz CT molecular complexity index is 745. The SMILES string of the molecule is COc1ccc2c(c1)C[C@H](CNC(=O)c1ccc(Br)c(C)c1)O2. The molecule has 1 aliphatic rings. The lowest BCUT2D eigenvalue weighted by Crippen LogP contribution is -2.34. The summed E-state index contributed by atoms with van der Waals surface area (Å²) in [6.07, 6.45) is 0.726. The van der Waals surface area contributed by atoms with Crippen LogP contribution in [0.1, 0.15) is 21.5 Å². The number of ether oxygens (including phenoxy) is 2. The Kier molecular flexibility index (Phi) is 4.57.